The van der Waals surface area contributed by atoms with Gasteiger partial charge in [-0.3, -0.25) is 0 Å². The minimum absolute atomic E-state index is 0.566. The second-order valence-corrected chi connectivity index (χ2v) is 5.87. The summed E-state index contributed by atoms with van der Waals surface area (Å²) in [5.41, 5.74) is 0. The summed E-state index contributed by atoms with van der Waals surface area (Å²) in [6.45, 7) is 3.10. The molecule has 1 fully saturated rings. The molecule has 5 heteroatoms. The molecule has 2 rings (SSSR count). The summed E-state index contributed by atoms with van der Waals surface area (Å²) in [6, 6.07) is 2.57. The number of hydrogen-bond acceptors (Lipinski definition) is 5. The molecule has 2 atom stereocenters. The van der Waals surface area contributed by atoms with Crippen molar-refractivity contribution in [1.82, 2.24) is 9.97 Å². The van der Waals surface area contributed by atoms with Crippen LogP contribution in [0.2, 0.25) is 0 Å². The Kier molecular flexibility index (Phi) is 5.11. The monoisotopic (exact) mass is 266 g/mol. The van der Waals surface area contributed by atoms with Gasteiger partial charge in [-0.25, -0.2) is 9.97 Å². The van der Waals surface area contributed by atoms with Gasteiger partial charge in [0.25, 0.3) is 0 Å². The van der Waals surface area contributed by atoms with Crippen LogP contribution in [0.15, 0.2) is 12.4 Å². The fourth-order valence-corrected chi connectivity index (χ4v) is 3.08. The van der Waals surface area contributed by atoms with Crippen molar-refractivity contribution < 1.29 is 0 Å². The Morgan fingerprint density at radius 2 is 2.17 bits per heavy atom. The third kappa shape index (κ3) is 3.77. The van der Waals surface area contributed by atoms with Gasteiger partial charge in [0.2, 0.25) is 0 Å². The van der Waals surface area contributed by atoms with E-state index in [4.69, 9.17) is 0 Å². The Hall–Kier alpha value is -0.970. The van der Waals surface area contributed by atoms with Crippen molar-refractivity contribution in [3.63, 3.8) is 0 Å². The highest BCUT2D eigenvalue weighted by molar-refractivity contribution is 7.99. The van der Waals surface area contributed by atoms with E-state index in [1.165, 1.54) is 19.3 Å². The number of anilines is 2. The topological polar surface area (TPSA) is 49.8 Å². The van der Waals surface area contributed by atoms with Crippen molar-refractivity contribution in [3.8, 4) is 0 Å². The third-order valence-electron chi connectivity index (χ3n) is 3.29. The highest BCUT2D eigenvalue weighted by Gasteiger charge is 2.23. The zero-order valence-electron chi connectivity index (χ0n) is 11.1. The molecule has 4 nitrogen and oxygen atoms in total. The van der Waals surface area contributed by atoms with E-state index >= 15 is 0 Å². The molecule has 0 bridgehead atoms. The van der Waals surface area contributed by atoms with E-state index in [9.17, 15) is 0 Å². The Labute approximate surface area is 113 Å². The molecule has 1 aliphatic carbocycles. The van der Waals surface area contributed by atoms with Crippen molar-refractivity contribution in [2.24, 2.45) is 0 Å². The average Bonchev–Trinajstić information content (AvgIpc) is 2.84. The Morgan fingerprint density at radius 1 is 1.33 bits per heavy atom. The van der Waals surface area contributed by atoms with Crippen molar-refractivity contribution in [2.75, 3.05) is 23.4 Å². The molecule has 0 radical (unpaired) electrons. The predicted octanol–water partition coefficient (Wildman–Crippen LogP) is 2.99. The molecule has 1 heterocycles. The van der Waals surface area contributed by atoms with Crippen LogP contribution >= 0.6 is 11.8 Å². The maximum atomic E-state index is 4.29. The summed E-state index contributed by atoms with van der Waals surface area (Å²) in [7, 11) is 0. The molecular formula is C13H22N4S. The van der Waals surface area contributed by atoms with Crippen LogP contribution < -0.4 is 10.6 Å². The van der Waals surface area contributed by atoms with E-state index in [-0.39, 0.29) is 0 Å². The number of nitrogens with zero attached hydrogens (tertiary/aromatic N) is 2. The largest absolute Gasteiger partial charge is 0.370 e. The van der Waals surface area contributed by atoms with E-state index in [0.717, 1.165) is 29.9 Å². The third-order valence-corrected chi connectivity index (χ3v) is 4.39. The molecule has 0 aliphatic heterocycles. The molecule has 2 N–H and O–H groups in total. The maximum absolute atomic E-state index is 4.29. The van der Waals surface area contributed by atoms with Gasteiger partial charge < -0.3 is 10.6 Å². The van der Waals surface area contributed by atoms with Crippen molar-refractivity contribution in [1.29, 1.82) is 0 Å². The Morgan fingerprint density at radius 3 is 2.89 bits per heavy atom. The molecular weight excluding hydrogens is 244 g/mol. The lowest BCUT2D eigenvalue weighted by Gasteiger charge is -2.14. The van der Waals surface area contributed by atoms with Gasteiger partial charge in [0.15, 0.2) is 0 Å². The Bertz CT molecular complexity index is 372. The molecule has 1 aromatic rings. The summed E-state index contributed by atoms with van der Waals surface area (Å²) >= 11 is 1.98. The van der Waals surface area contributed by atoms with Gasteiger partial charge in [-0.1, -0.05) is 6.92 Å². The Balaban J connectivity index is 1.89. The zero-order valence-corrected chi connectivity index (χ0v) is 12.0. The first-order chi connectivity index (χ1) is 8.81. The first kappa shape index (κ1) is 13.5. The summed E-state index contributed by atoms with van der Waals surface area (Å²) in [6.07, 6.45) is 8.72. The highest BCUT2D eigenvalue weighted by Crippen LogP contribution is 2.29. The lowest BCUT2D eigenvalue weighted by Crippen LogP contribution is -2.17. The fourth-order valence-electron chi connectivity index (χ4n) is 2.28. The zero-order chi connectivity index (χ0) is 12.8. The van der Waals surface area contributed by atoms with Crippen LogP contribution in [-0.4, -0.2) is 34.1 Å². The number of rotatable bonds is 6. The van der Waals surface area contributed by atoms with Gasteiger partial charge in [-0.05, 0) is 31.9 Å². The molecule has 2 unspecified atom stereocenters. The van der Waals surface area contributed by atoms with Crippen molar-refractivity contribution in [2.45, 2.75) is 43.9 Å². The van der Waals surface area contributed by atoms with Crippen LogP contribution in [0.5, 0.6) is 0 Å². The minimum Gasteiger partial charge on any atom is -0.370 e. The van der Waals surface area contributed by atoms with E-state index in [0.29, 0.717) is 6.04 Å². The molecule has 100 valence electrons. The van der Waals surface area contributed by atoms with Crippen LogP contribution in [0.25, 0.3) is 0 Å². The molecule has 1 aromatic heterocycles. The molecule has 0 aromatic carbocycles. The molecule has 0 saturated heterocycles. The first-order valence-electron chi connectivity index (χ1n) is 6.67. The molecule has 18 heavy (non-hydrogen) atoms. The number of thioether (sulfide) groups is 1. The van der Waals surface area contributed by atoms with Crippen molar-refractivity contribution >= 4 is 23.4 Å². The second-order valence-electron chi connectivity index (χ2n) is 4.73. The van der Waals surface area contributed by atoms with Crippen LogP contribution in [-0.2, 0) is 0 Å². The lowest BCUT2D eigenvalue weighted by molar-refractivity contribution is 0.751. The second kappa shape index (κ2) is 6.83. The van der Waals surface area contributed by atoms with Crippen LogP contribution in [0.3, 0.4) is 0 Å². The van der Waals surface area contributed by atoms with Crippen molar-refractivity contribution in [3.05, 3.63) is 12.4 Å². The van der Waals surface area contributed by atoms with Crippen LogP contribution in [0, 0.1) is 0 Å². The predicted molar refractivity (Wildman–Crippen MR) is 79.4 cm³/mol. The van der Waals surface area contributed by atoms with E-state index in [1.807, 2.05) is 17.8 Å². The smallest absolute Gasteiger partial charge is 0.131 e. The summed E-state index contributed by atoms with van der Waals surface area (Å²) in [5.74, 6) is 1.85. The van der Waals surface area contributed by atoms with Gasteiger partial charge in [-0.2, -0.15) is 11.8 Å². The molecule has 1 saturated carbocycles. The normalized spacial score (nSPS) is 23.0. The van der Waals surface area contributed by atoms with Crippen LogP contribution in [0.1, 0.15) is 32.6 Å². The van der Waals surface area contributed by atoms with E-state index < -0.39 is 0 Å². The van der Waals surface area contributed by atoms with Gasteiger partial charge >= 0.3 is 0 Å². The van der Waals surface area contributed by atoms with Gasteiger partial charge in [-0.15, -0.1) is 0 Å². The molecule has 1 aliphatic rings. The SMILES string of the molecule is CCCNc1cc(NC2CCC(SC)C2)ncn1. The van der Waals surface area contributed by atoms with E-state index in [2.05, 4.69) is 33.8 Å². The number of aromatic nitrogens is 2. The number of hydrogen-bond donors (Lipinski definition) is 2. The van der Waals surface area contributed by atoms with Gasteiger partial charge in [0, 0.05) is 23.9 Å². The standard InChI is InChI=1S/C13H22N4S/c1-3-6-14-12-8-13(16-9-15-12)17-10-4-5-11(7-10)18-2/h8-11H,3-7H2,1-2H3,(H2,14,15,16,17). The lowest BCUT2D eigenvalue weighted by atomic mass is 10.2. The minimum atomic E-state index is 0.566. The fraction of sp³-hybridized carbons (Fsp3) is 0.692. The molecule has 0 spiro atoms. The van der Waals surface area contributed by atoms with Crippen LogP contribution in [0.4, 0.5) is 11.6 Å². The molecule has 0 amide bonds. The highest BCUT2D eigenvalue weighted by atomic mass is 32.2. The number of nitrogens with one attached hydrogen (secondary N) is 2. The summed E-state index contributed by atoms with van der Waals surface area (Å²) in [5, 5.41) is 7.61. The maximum Gasteiger partial charge on any atom is 0.131 e. The summed E-state index contributed by atoms with van der Waals surface area (Å²) in [4.78, 5) is 8.51. The first-order valence-corrected chi connectivity index (χ1v) is 7.96. The quantitative estimate of drug-likeness (QED) is 0.829. The van der Waals surface area contributed by atoms with E-state index in [1.54, 1.807) is 6.33 Å². The summed E-state index contributed by atoms with van der Waals surface area (Å²) < 4.78 is 0. The average molecular weight is 266 g/mol. The van der Waals surface area contributed by atoms with Gasteiger partial charge in [0.05, 0.1) is 0 Å². The van der Waals surface area contributed by atoms with Gasteiger partial charge in [0.1, 0.15) is 18.0 Å².